The van der Waals surface area contributed by atoms with E-state index in [4.69, 9.17) is 10.5 Å². The lowest BCUT2D eigenvalue weighted by Gasteiger charge is -2.15. The summed E-state index contributed by atoms with van der Waals surface area (Å²) in [5.74, 6) is 0.788. The van der Waals surface area contributed by atoms with Crippen molar-refractivity contribution in [3.63, 3.8) is 0 Å². The van der Waals surface area contributed by atoms with Crippen molar-refractivity contribution in [1.82, 2.24) is 4.98 Å². The van der Waals surface area contributed by atoms with E-state index in [1.807, 2.05) is 19.9 Å². The smallest absolute Gasteiger partial charge is 0.140 e. The summed E-state index contributed by atoms with van der Waals surface area (Å²) in [6.07, 6.45) is 1.63. The highest BCUT2D eigenvalue weighted by Gasteiger charge is 2.06. The van der Waals surface area contributed by atoms with Crippen LogP contribution in [-0.4, -0.2) is 24.2 Å². The quantitative estimate of drug-likeness (QED) is 0.864. The van der Waals surface area contributed by atoms with Gasteiger partial charge in [-0.25, -0.2) is 4.98 Å². The van der Waals surface area contributed by atoms with E-state index in [1.165, 1.54) is 0 Å². The largest absolute Gasteiger partial charge is 0.397 e. The van der Waals surface area contributed by atoms with Crippen LogP contribution in [0.4, 0.5) is 11.5 Å². The lowest BCUT2D eigenvalue weighted by atomic mass is 10.3. The standard InChI is InChI=1S/C10H16BrN3O/c1-3-15-6-7(2)14-10-9(11)4-8(12)5-13-10/h4-5,7H,3,6,12H2,1-2H3,(H,13,14). The molecule has 1 rings (SSSR count). The van der Waals surface area contributed by atoms with E-state index in [2.05, 4.69) is 26.2 Å². The first-order valence-electron chi connectivity index (χ1n) is 4.88. The minimum Gasteiger partial charge on any atom is -0.397 e. The van der Waals surface area contributed by atoms with Crippen LogP contribution in [0.25, 0.3) is 0 Å². The third-order valence-corrected chi connectivity index (χ3v) is 2.42. The molecule has 5 heteroatoms. The van der Waals surface area contributed by atoms with Crippen molar-refractivity contribution in [2.24, 2.45) is 0 Å². The van der Waals surface area contributed by atoms with Gasteiger partial charge in [0.15, 0.2) is 0 Å². The minimum atomic E-state index is 0.220. The highest BCUT2D eigenvalue weighted by molar-refractivity contribution is 9.10. The first kappa shape index (κ1) is 12.3. The Morgan fingerprint density at radius 1 is 1.67 bits per heavy atom. The zero-order chi connectivity index (χ0) is 11.3. The number of nitrogens with one attached hydrogen (secondary N) is 1. The molecule has 0 aliphatic rings. The Balaban J connectivity index is 2.56. The maximum atomic E-state index is 5.59. The molecule has 4 nitrogen and oxygen atoms in total. The summed E-state index contributed by atoms with van der Waals surface area (Å²) in [4.78, 5) is 4.19. The summed E-state index contributed by atoms with van der Waals surface area (Å²) in [5.41, 5.74) is 6.24. The lowest BCUT2D eigenvalue weighted by Crippen LogP contribution is -2.22. The van der Waals surface area contributed by atoms with Crippen LogP contribution in [-0.2, 0) is 4.74 Å². The van der Waals surface area contributed by atoms with Crippen molar-refractivity contribution >= 4 is 27.4 Å². The molecule has 84 valence electrons. The van der Waals surface area contributed by atoms with Gasteiger partial charge in [-0.3, -0.25) is 0 Å². The van der Waals surface area contributed by atoms with Crippen molar-refractivity contribution < 1.29 is 4.74 Å². The summed E-state index contributed by atoms with van der Waals surface area (Å²) in [6.45, 7) is 5.40. The van der Waals surface area contributed by atoms with Crippen molar-refractivity contribution in [3.8, 4) is 0 Å². The highest BCUT2D eigenvalue weighted by Crippen LogP contribution is 2.22. The van der Waals surface area contributed by atoms with Gasteiger partial charge >= 0.3 is 0 Å². The molecule has 0 aliphatic heterocycles. The molecule has 1 atom stereocenters. The highest BCUT2D eigenvalue weighted by atomic mass is 79.9. The first-order chi connectivity index (χ1) is 7.13. The average Bonchev–Trinajstić information content (AvgIpc) is 2.19. The normalized spacial score (nSPS) is 12.5. The molecular formula is C10H16BrN3O. The van der Waals surface area contributed by atoms with Crippen LogP contribution in [0, 0.1) is 0 Å². The van der Waals surface area contributed by atoms with Gasteiger partial charge in [-0.1, -0.05) is 0 Å². The average molecular weight is 274 g/mol. The van der Waals surface area contributed by atoms with E-state index in [0.717, 1.165) is 16.9 Å². The molecule has 0 saturated heterocycles. The van der Waals surface area contributed by atoms with Crippen molar-refractivity contribution in [3.05, 3.63) is 16.7 Å². The molecule has 0 saturated carbocycles. The topological polar surface area (TPSA) is 60.2 Å². The third kappa shape index (κ3) is 4.05. The summed E-state index contributed by atoms with van der Waals surface area (Å²) >= 11 is 3.40. The molecule has 1 heterocycles. The predicted octanol–water partition coefficient (Wildman–Crippen LogP) is 2.26. The molecule has 3 N–H and O–H groups in total. The summed E-state index contributed by atoms with van der Waals surface area (Å²) < 4.78 is 6.17. The number of aromatic nitrogens is 1. The molecule has 1 aromatic heterocycles. The molecular weight excluding hydrogens is 258 g/mol. The van der Waals surface area contributed by atoms with Crippen molar-refractivity contribution in [2.75, 3.05) is 24.3 Å². The molecule has 1 unspecified atom stereocenters. The van der Waals surface area contributed by atoms with E-state index in [1.54, 1.807) is 6.20 Å². The summed E-state index contributed by atoms with van der Waals surface area (Å²) in [7, 11) is 0. The Labute approximate surface area is 98.3 Å². The van der Waals surface area contributed by atoms with Gasteiger partial charge in [-0.15, -0.1) is 0 Å². The molecule has 0 aliphatic carbocycles. The molecule has 0 radical (unpaired) electrons. The monoisotopic (exact) mass is 273 g/mol. The fourth-order valence-electron chi connectivity index (χ4n) is 1.13. The van der Waals surface area contributed by atoms with Gasteiger partial charge in [-0.2, -0.15) is 0 Å². The van der Waals surface area contributed by atoms with Crippen LogP contribution in [0.3, 0.4) is 0 Å². The number of anilines is 2. The second-order valence-electron chi connectivity index (χ2n) is 3.30. The number of nitrogens with two attached hydrogens (primary N) is 1. The number of halogens is 1. The van der Waals surface area contributed by atoms with E-state index in [0.29, 0.717) is 12.3 Å². The van der Waals surface area contributed by atoms with E-state index >= 15 is 0 Å². The van der Waals surface area contributed by atoms with Gasteiger partial charge in [0.25, 0.3) is 0 Å². The molecule has 0 spiro atoms. The van der Waals surface area contributed by atoms with Gasteiger partial charge in [0.1, 0.15) is 5.82 Å². The van der Waals surface area contributed by atoms with Gasteiger partial charge in [-0.05, 0) is 35.8 Å². The number of ether oxygens (including phenoxy) is 1. The third-order valence-electron chi connectivity index (χ3n) is 1.82. The number of nitrogens with zero attached hydrogens (tertiary/aromatic N) is 1. The van der Waals surface area contributed by atoms with Crippen LogP contribution in [0.1, 0.15) is 13.8 Å². The summed E-state index contributed by atoms with van der Waals surface area (Å²) in [5, 5.41) is 3.23. The van der Waals surface area contributed by atoms with Crippen LogP contribution < -0.4 is 11.1 Å². The fraction of sp³-hybridized carbons (Fsp3) is 0.500. The van der Waals surface area contributed by atoms with E-state index < -0.39 is 0 Å². The lowest BCUT2D eigenvalue weighted by molar-refractivity contribution is 0.141. The Kier molecular flexibility index (Phi) is 4.84. The van der Waals surface area contributed by atoms with E-state index in [9.17, 15) is 0 Å². The number of hydrogen-bond donors (Lipinski definition) is 2. The number of rotatable bonds is 5. The maximum absolute atomic E-state index is 5.59. The minimum absolute atomic E-state index is 0.220. The summed E-state index contributed by atoms with van der Waals surface area (Å²) in [6, 6.07) is 2.04. The fourth-order valence-corrected chi connectivity index (χ4v) is 1.61. The maximum Gasteiger partial charge on any atom is 0.140 e. The first-order valence-corrected chi connectivity index (χ1v) is 5.68. The SMILES string of the molecule is CCOCC(C)Nc1ncc(N)cc1Br. The van der Waals surface area contributed by atoms with Gasteiger partial charge in [0.2, 0.25) is 0 Å². The van der Waals surface area contributed by atoms with Crippen molar-refractivity contribution in [1.29, 1.82) is 0 Å². The Hall–Kier alpha value is -0.810. The Morgan fingerprint density at radius 2 is 2.40 bits per heavy atom. The van der Waals surface area contributed by atoms with Gasteiger partial charge < -0.3 is 15.8 Å². The molecule has 1 aromatic rings. The number of nitrogen functional groups attached to an aromatic ring is 1. The Morgan fingerprint density at radius 3 is 3.00 bits per heavy atom. The number of pyridine rings is 1. The zero-order valence-corrected chi connectivity index (χ0v) is 10.5. The number of hydrogen-bond acceptors (Lipinski definition) is 4. The molecule has 0 aromatic carbocycles. The van der Waals surface area contributed by atoms with Crippen LogP contribution >= 0.6 is 15.9 Å². The van der Waals surface area contributed by atoms with Gasteiger partial charge in [0.05, 0.1) is 23.0 Å². The zero-order valence-electron chi connectivity index (χ0n) is 8.96. The molecule has 0 fully saturated rings. The van der Waals surface area contributed by atoms with Crippen LogP contribution in [0.5, 0.6) is 0 Å². The second-order valence-corrected chi connectivity index (χ2v) is 4.16. The van der Waals surface area contributed by atoms with Crippen LogP contribution in [0.15, 0.2) is 16.7 Å². The predicted molar refractivity (Wildman–Crippen MR) is 65.9 cm³/mol. The molecule has 0 amide bonds. The molecule has 0 bridgehead atoms. The van der Waals surface area contributed by atoms with Gasteiger partial charge in [0, 0.05) is 12.6 Å². The van der Waals surface area contributed by atoms with Crippen molar-refractivity contribution in [2.45, 2.75) is 19.9 Å². The second kappa shape index (κ2) is 5.92. The van der Waals surface area contributed by atoms with Crippen LogP contribution in [0.2, 0.25) is 0 Å². The van der Waals surface area contributed by atoms with E-state index in [-0.39, 0.29) is 6.04 Å². The Bertz CT molecular complexity index is 320. The molecule has 15 heavy (non-hydrogen) atoms.